The van der Waals surface area contributed by atoms with Crippen molar-refractivity contribution in [3.05, 3.63) is 35.7 Å². The first-order chi connectivity index (χ1) is 14.4. The highest BCUT2D eigenvalue weighted by atomic mass is 16.6. The molecular formula is C21H24N4O5. The summed E-state index contributed by atoms with van der Waals surface area (Å²) in [6.45, 7) is 3.26. The van der Waals surface area contributed by atoms with E-state index in [1.165, 1.54) is 0 Å². The molecular weight excluding hydrogens is 388 g/mol. The van der Waals surface area contributed by atoms with E-state index in [0.717, 1.165) is 35.3 Å². The van der Waals surface area contributed by atoms with Crippen molar-refractivity contribution in [2.24, 2.45) is 5.92 Å². The minimum atomic E-state index is -0.898. The van der Waals surface area contributed by atoms with Gasteiger partial charge in [0.15, 0.2) is 6.61 Å². The van der Waals surface area contributed by atoms with E-state index in [9.17, 15) is 14.4 Å². The maximum absolute atomic E-state index is 12.9. The second-order valence-electron chi connectivity index (χ2n) is 7.98. The molecule has 1 aromatic carbocycles. The number of ether oxygens (including phenoxy) is 1. The summed E-state index contributed by atoms with van der Waals surface area (Å²) in [5, 5.41) is 6.69. The van der Waals surface area contributed by atoms with Gasteiger partial charge in [0.1, 0.15) is 12.1 Å². The van der Waals surface area contributed by atoms with Crippen LogP contribution in [0.25, 0.3) is 11.4 Å². The Labute approximate surface area is 173 Å². The number of aromatic nitrogens is 2. The molecule has 2 heterocycles. The Morgan fingerprint density at radius 2 is 2.07 bits per heavy atom. The smallest absolute Gasteiger partial charge is 0.326 e. The Bertz CT molecular complexity index is 970. The fraction of sp³-hybridized carbons (Fsp3) is 0.476. The minimum absolute atomic E-state index is 0.0299. The second-order valence-corrected chi connectivity index (χ2v) is 7.98. The van der Waals surface area contributed by atoms with Gasteiger partial charge in [-0.25, -0.2) is 4.79 Å². The van der Waals surface area contributed by atoms with Gasteiger partial charge in [-0.15, -0.1) is 0 Å². The van der Waals surface area contributed by atoms with Crippen LogP contribution in [0.2, 0.25) is 0 Å². The summed E-state index contributed by atoms with van der Waals surface area (Å²) < 4.78 is 10.3. The lowest BCUT2D eigenvalue weighted by Gasteiger charge is -2.36. The molecule has 9 nitrogen and oxygen atoms in total. The van der Waals surface area contributed by atoms with Crippen LogP contribution in [0.15, 0.2) is 28.8 Å². The van der Waals surface area contributed by atoms with Crippen molar-refractivity contribution in [1.29, 1.82) is 0 Å². The highest BCUT2D eigenvalue weighted by Gasteiger charge is 2.55. The van der Waals surface area contributed by atoms with Crippen LogP contribution in [0.4, 0.5) is 4.79 Å². The van der Waals surface area contributed by atoms with Gasteiger partial charge in [0.2, 0.25) is 5.82 Å². The van der Waals surface area contributed by atoms with E-state index in [0.29, 0.717) is 12.2 Å². The fourth-order valence-electron chi connectivity index (χ4n) is 4.09. The number of benzene rings is 1. The average Bonchev–Trinajstić information content (AvgIpc) is 3.29. The van der Waals surface area contributed by atoms with Gasteiger partial charge in [0.25, 0.3) is 11.8 Å². The molecule has 0 bridgehead atoms. The molecule has 2 aliphatic rings. The average molecular weight is 412 g/mol. The Morgan fingerprint density at radius 1 is 1.30 bits per heavy atom. The zero-order chi connectivity index (χ0) is 21.3. The summed E-state index contributed by atoms with van der Waals surface area (Å²) >= 11 is 0. The van der Waals surface area contributed by atoms with E-state index in [4.69, 9.17) is 9.26 Å². The number of imide groups is 1. The van der Waals surface area contributed by atoms with E-state index in [2.05, 4.69) is 15.5 Å². The molecule has 1 spiro atoms. The maximum atomic E-state index is 12.9. The molecule has 2 aromatic rings. The standard InChI is InChI=1S/C21H24N4O5/c1-13-6-8-15(9-7-13)18-22-16(30-24-18)12-29-17(26)11-25-19(27)21(23-20(25)28)10-4-3-5-14(21)2/h6-9,14H,3-5,10-12H2,1-2H3,(H,23,28)/t14-,21+/m1/s1. The lowest BCUT2D eigenvalue weighted by Crippen LogP contribution is -2.54. The van der Waals surface area contributed by atoms with Crippen molar-refractivity contribution in [2.75, 3.05) is 6.54 Å². The largest absolute Gasteiger partial charge is 0.454 e. The normalized spacial score (nSPS) is 23.7. The second kappa shape index (κ2) is 7.89. The van der Waals surface area contributed by atoms with Gasteiger partial charge >= 0.3 is 12.0 Å². The molecule has 0 radical (unpaired) electrons. The first kappa shape index (κ1) is 20.1. The lowest BCUT2D eigenvalue weighted by atomic mass is 9.73. The molecule has 4 rings (SSSR count). The van der Waals surface area contributed by atoms with Gasteiger partial charge < -0.3 is 14.6 Å². The molecule has 30 heavy (non-hydrogen) atoms. The van der Waals surface area contributed by atoms with Crippen LogP contribution in [-0.2, 0) is 20.9 Å². The number of hydrogen-bond acceptors (Lipinski definition) is 7. The number of carbonyl (C=O) groups excluding carboxylic acids is 3. The number of aryl methyl sites for hydroxylation is 1. The van der Waals surface area contributed by atoms with Gasteiger partial charge in [-0.1, -0.05) is 54.8 Å². The third kappa shape index (κ3) is 3.67. The topological polar surface area (TPSA) is 115 Å². The van der Waals surface area contributed by atoms with E-state index in [1.807, 2.05) is 38.1 Å². The Kier molecular flexibility index (Phi) is 5.27. The monoisotopic (exact) mass is 412 g/mol. The summed E-state index contributed by atoms with van der Waals surface area (Å²) in [5.74, 6) is -0.510. The SMILES string of the molecule is Cc1ccc(-c2noc(COC(=O)CN3C(=O)N[C@]4(CCCC[C@H]4C)C3=O)n2)cc1. The van der Waals surface area contributed by atoms with E-state index in [1.54, 1.807) is 0 Å². The summed E-state index contributed by atoms with van der Waals surface area (Å²) in [7, 11) is 0. The highest BCUT2D eigenvalue weighted by Crippen LogP contribution is 2.38. The third-order valence-electron chi connectivity index (χ3n) is 5.92. The molecule has 158 valence electrons. The van der Waals surface area contributed by atoms with E-state index in [-0.39, 0.29) is 24.3 Å². The number of nitrogens with zero attached hydrogens (tertiary/aromatic N) is 3. The van der Waals surface area contributed by atoms with Crippen molar-refractivity contribution in [3.8, 4) is 11.4 Å². The van der Waals surface area contributed by atoms with Gasteiger partial charge in [-0.2, -0.15) is 4.98 Å². The van der Waals surface area contributed by atoms with Crippen molar-refractivity contribution in [1.82, 2.24) is 20.4 Å². The number of carbonyl (C=O) groups is 3. The van der Waals surface area contributed by atoms with Crippen LogP contribution in [-0.4, -0.2) is 45.0 Å². The van der Waals surface area contributed by atoms with Crippen LogP contribution < -0.4 is 5.32 Å². The van der Waals surface area contributed by atoms with E-state index < -0.39 is 24.1 Å². The van der Waals surface area contributed by atoms with E-state index >= 15 is 0 Å². The number of nitrogens with one attached hydrogen (secondary N) is 1. The number of rotatable bonds is 5. The van der Waals surface area contributed by atoms with Gasteiger partial charge in [-0.05, 0) is 25.7 Å². The van der Waals surface area contributed by atoms with Crippen molar-refractivity contribution in [2.45, 2.75) is 51.7 Å². The molecule has 0 unspecified atom stereocenters. The van der Waals surface area contributed by atoms with Gasteiger partial charge in [0, 0.05) is 5.56 Å². The molecule has 1 aliphatic heterocycles. The summed E-state index contributed by atoms with van der Waals surface area (Å²) in [5.41, 5.74) is 1.000. The maximum Gasteiger partial charge on any atom is 0.326 e. The van der Waals surface area contributed by atoms with Gasteiger partial charge in [-0.3, -0.25) is 14.5 Å². The molecule has 2 fully saturated rings. The van der Waals surface area contributed by atoms with Crippen LogP contribution in [0.1, 0.15) is 44.1 Å². The molecule has 1 aromatic heterocycles. The van der Waals surface area contributed by atoms with Crippen LogP contribution in [0.5, 0.6) is 0 Å². The third-order valence-corrected chi connectivity index (χ3v) is 5.92. The molecule has 9 heteroatoms. The van der Waals surface area contributed by atoms with Crippen molar-refractivity contribution < 1.29 is 23.6 Å². The quantitative estimate of drug-likeness (QED) is 0.593. The first-order valence-electron chi connectivity index (χ1n) is 10.1. The molecule has 1 saturated heterocycles. The Balaban J connectivity index is 1.35. The predicted octanol–water partition coefficient (Wildman–Crippen LogP) is 2.59. The molecule has 1 aliphatic carbocycles. The summed E-state index contributed by atoms with van der Waals surface area (Å²) in [4.78, 5) is 42.6. The fourth-order valence-corrected chi connectivity index (χ4v) is 4.09. The lowest BCUT2D eigenvalue weighted by molar-refractivity contribution is -0.150. The number of esters is 1. The van der Waals surface area contributed by atoms with Crippen LogP contribution in [0, 0.1) is 12.8 Å². The van der Waals surface area contributed by atoms with Gasteiger partial charge in [0.05, 0.1) is 0 Å². The summed E-state index contributed by atoms with van der Waals surface area (Å²) in [6.07, 6.45) is 3.36. The summed E-state index contributed by atoms with van der Waals surface area (Å²) in [6, 6.07) is 7.06. The van der Waals surface area contributed by atoms with Crippen molar-refractivity contribution in [3.63, 3.8) is 0 Å². The molecule has 1 saturated carbocycles. The van der Waals surface area contributed by atoms with Crippen LogP contribution >= 0.6 is 0 Å². The number of amides is 3. The Morgan fingerprint density at radius 3 is 2.80 bits per heavy atom. The highest BCUT2D eigenvalue weighted by molar-refractivity contribution is 6.08. The zero-order valence-corrected chi connectivity index (χ0v) is 17.0. The molecule has 3 amide bonds. The van der Waals surface area contributed by atoms with Crippen molar-refractivity contribution >= 4 is 17.9 Å². The minimum Gasteiger partial charge on any atom is -0.454 e. The predicted molar refractivity (Wildman–Crippen MR) is 105 cm³/mol. The number of hydrogen-bond donors (Lipinski definition) is 1. The number of urea groups is 1. The molecule has 2 atom stereocenters. The Hall–Kier alpha value is -3.23. The zero-order valence-electron chi connectivity index (χ0n) is 17.0. The van der Waals surface area contributed by atoms with Crippen LogP contribution in [0.3, 0.4) is 0 Å². The first-order valence-corrected chi connectivity index (χ1v) is 10.1. The molecule has 1 N–H and O–H groups in total.